The summed E-state index contributed by atoms with van der Waals surface area (Å²) in [6, 6.07) is 3.83. The first kappa shape index (κ1) is 19.4. The van der Waals surface area contributed by atoms with E-state index in [1.165, 1.54) is 12.8 Å². The minimum absolute atomic E-state index is 0. The lowest BCUT2D eigenvalue weighted by Crippen LogP contribution is -2.34. The Labute approximate surface area is 147 Å². The van der Waals surface area contributed by atoms with E-state index in [4.69, 9.17) is 0 Å². The monoisotopic (exact) mass is 357 g/mol. The van der Waals surface area contributed by atoms with Crippen LogP contribution in [0.5, 0.6) is 0 Å². The SMILES string of the molecule is Cl.Cl.O=C(CNCC1CC1)NCc1cccnc1-n1ccnc1. The van der Waals surface area contributed by atoms with Crippen molar-refractivity contribution in [3.63, 3.8) is 0 Å². The topological polar surface area (TPSA) is 71.8 Å². The average molecular weight is 358 g/mol. The molecule has 1 fully saturated rings. The van der Waals surface area contributed by atoms with Crippen LogP contribution in [0.25, 0.3) is 5.82 Å². The molecule has 0 aliphatic heterocycles. The number of nitrogens with one attached hydrogen (secondary N) is 2. The summed E-state index contributed by atoms with van der Waals surface area (Å²) in [6.07, 6.45) is 9.56. The first-order valence-electron chi connectivity index (χ1n) is 7.22. The molecule has 1 aliphatic rings. The maximum atomic E-state index is 11.8. The fourth-order valence-corrected chi connectivity index (χ4v) is 2.15. The molecule has 0 radical (unpaired) electrons. The molecule has 2 N–H and O–H groups in total. The Morgan fingerprint density at radius 2 is 2.13 bits per heavy atom. The van der Waals surface area contributed by atoms with Gasteiger partial charge in [-0.25, -0.2) is 9.97 Å². The predicted octanol–water partition coefficient (Wildman–Crippen LogP) is 1.73. The average Bonchev–Trinajstić information content (AvgIpc) is 3.16. The largest absolute Gasteiger partial charge is 0.351 e. The highest BCUT2D eigenvalue weighted by molar-refractivity contribution is 5.85. The normalized spacial score (nSPS) is 12.9. The lowest BCUT2D eigenvalue weighted by atomic mass is 10.2. The van der Waals surface area contributed by atoms with Gasteiger partial charge < -0.3 is 10.6 Å². The molecule has 0 aromatic carbocycles. The van der Waals surface area contributed by atoms with Gasteiger partial charge in [-0.15, -0.1) is 24.8 Å². The number of amides is 1. The van der Waals surface area contributed by atoms with E-state index in [-0.39, 0.29) is 30.7 Å². The van der Waals surface area contributed by atoms with Crippen LogP contribution in [0, 0.1) is 5.92 Å². The van der Waals surface area contributed by atoms with Crippen molar-refractivity contribution < 1.29 is 4.79 Å². The van der Waals surface area contributed by atoms with Gasteiger partial charge in [0.2, 0.25) is 5.91 Å². The van der Waals surface area contributed by atoms with Crippen LogP contribution in [-0.2, 0) is 11.3 Å². The molecule has 6 nitrogen and oxygen atoms in total. The number of pyridine rings is 1. The summed E-state index contributed by atoms with van der Waals surface area (Å²) in [4.78, 5) is 20.2. The third-order valence-electron chi connectivity index (χ3n) is 3.51. The Balaban J connectivity index is 0.00000132. The zero-order valence-corrected chi connectivity index (χ0v) is 14.3. The summed E-state index contributed by atoms with van der Waals surface area (Å²) in [5, 5.41) is 6.10. The van der Waals surface area contributed by atoms with Gasteiger partial charge in [-0.1, -0.05) is 6.07 Å². The number of rotatable bonds is 7. The number of halogens is 2. The second kappa shape index (κ2) is 9.50. The molecule has 0 atom stereocenters. The van der Waals surface area contributed by atoms with Crippen LogP contribution in [0.1, 0.15) is 18.4 Å². The van der Waals surface area contributed by atoms with Crippen LogP contribution in [0.15, 0.2) is 37.1 Å². The molecule has 0 unspecified atom stereocenters. The Bertz CT molecular complexity index is 602. The van der Waals surface area contributed by atoms with Gasteiger partial charge in [0.15, 0.2) is 0 Å². The van der Waals surface area contributed by atoms with Crippen molar-refractivity contribution in [1.29, 1.82) is 0 Å². The summed E-state index contributed by atoms with van der Waals surface area (Å²) in [6.45, 7) is 1.78. The number of carbonyl (C=O) groups excluding carboxylic acids is 1. The Morgan fingerprint density at radius 1 is 1.30 bits per heavy atom. The zero-order valence-electron chi connectivity index (χ0n) is 12.6. The van der Waals surface area contributed by atoms with E-state index in [9.17, 15) is 4.79 Å². The molecule has 1 aliphatic carbocycles. The van der Waals surface area contributed by atoms with E-state index < -0.39 is 0 Å². The van der Waals surface area contributed by atoms with E-state index in [1.807, 2.05) is 22.9 Å². The quantitative estimate of drug-likeness (QED) is 0.791. The molecule has 0 bridgehead atoms. The molecule has 0 spiro atoms. The van der Waals surface area contributed by atoms with Crippen LogP contribution in [0.2, 0.25) is 0 Å². The Hall–Kier alpha value is -1.63. The highest BCUT2D eigenvalue weighted by atomic mass is 35.5. The molecular weight excluding hydrogens is 337 g/mol. The predicted molar refractivity (Wildman–Crippen MR) is 93.3 cm³/mol. The molecule has 8 heteroatoms. The summed E-state index contributed by atoms with van der Waals surface area (Å²) in [5.41, 5.74) is 0.964. The van der Waals surface area contributed by atoms with E-state index in [1.54, 1.807) is 18.7 Å². The van der Waals surface area contributed by atoms with Crippen molar-refractivity contribution in [2.75, 3.05) is 13.1 Å². The smallest absolute Gasteiger partial charge is 0.234 e. The number of carbonyl (C=O) groups is 1. The standard InChI is InChI=1S/C15H19N5O.2ClH/c21-14(10-17-8-12-3-4-12)19-9-13-2-1-5-18-15(13)20-7-6-16-11-20;;/h1-2,5-7,11-12,17H,3-4,8-10H2,(H,19,21);2*1H. The summed E-state index contributed by atoms with van der Waals surface area (Å²) >= 11 is 0. The first-order chi connectivity index (χ1) is 10.3. The van der Waals surface area contributed by atoms with Gasteiger partial charge >= 0.3 is 0 Å². The number of hydrogen-bond donors (Lipinski definition) is 2. The number of aromatic nitrogens is 3. The molecule has 3 rings (SSSR count). The third-order valence-corrected chi connectivity index (χ3v) is 3.51. The molecule has 2 aromatic heterocycles. The van der Waals surface area contributed by atoms with Gasteiger partial charge in [-0.3, -0.25) is 9.36 Å². The summed E-state index contributed by atoms with van der Waals surface area (Å²) in [7, 11) is 0. The van der Waals surface area contributed by atoms with E-state index in [0.717, 1.165) is 23.8 Å². The highest BCUT2D eigenvalue weighted by Crippen LogP contribution is 2.27. The van der Waals surface area contributed by atoms with E-state index in [0.29, 0.717) is 13.1 Å². The molecule has 2 heterocycles. The molecule has 126 valence electrons. The minimum atomic E-state index is 0. The van der Waals surface area contributed by atoms with Gasteiger partial charge in [0.25, 0.3) is 0 Å². The molecule has 1 saturated carbocycles. The minimum Gasteiger partial charge on any atom is -0.351 e. The van der Waals surface area contributed by atoms with Crippen molar-refractivity contribution >= 4 is 30.7 Å². The summed E-state index contributed by atoms with van der Waals surface area (Å²) < 4.78 is 1.84. The van der Waals surface area contributed by atoms with Crippen LogP contribution in [0.3, 0.4) is 0 Å². The fourth-order valence-electron chi connectivity index (χ4n) is 2.15. The van der Waals surface area contributed by atoms with Crippen molar-refractivity contribution in [2.45, 2.75) is 19.4 Å². The molecule has 2 aromatic rings. The van der Waals surface area contributed by atoms with Crippen molar-refractivity contribution in [3.05, 3.63) is 42.6 Å². The zero-order chi connectivity index (χ0) is 14.5. The first-order valence-corrected chi connectivity index (χ1v) is 7.22. The lowest BCUT2D eigenvalue weighted by Gasteiger charge is -2.10. The van der Waals surface area contributed by atoms with E-state index >= 15 is 0 Å². The fraction of sp³-hybridized carbons (Fsp3) is 0.400. The van der Waals surface area contributed by atoms with Gasteiger partial charge in [-0.05, 0) is 31.4 Å². The maximum absolute atomic E-state index is 11.8. The van der Waals surface area contributed by atoms with Gasteiger partial charge in [0.05, 0.1) is 6.54 Å². The second-order valence-electron chi connectivity index (χ2n) is 5.31. The molecule has 23 heavy (non-hydrogen) atoms. The van der Waals surface area contributed by atoms with Gasteiger partial charge in [0.1, 0.15) is 12.1 Å². The van der Waals surface area contributed by atoms with Crippen molar-refractivity contribution in [3.8, 4) is 5.82 Å². The van der Waals surface area contributed by atoms with Crippen molar-refractivity contribution in [1.82, 2.24) is 25.2 Å². The number of imidazole rings is 1. The molecule has 0 saturated heterocycles. The van der Waals surface area contributed by atoms with Crippen LogP contribution in [0.4, 0.5) is 0 Å². The van der Waals surface area contributed by atoms with Crippen LogP contribution >= 0.6 is 24.8 Å². The maximum Gasteiger partial charge on any atom is 0.234 e. The number of hydrogen-bond acceptors (Lipinski definition) is 4. The molecular formula is C15H21Cl2N5O. The Kier molecular flexibility index (Phi) is 8.02. The van der Waals surface area contributed by atoms with E-state index in [2.05, 4.69) is 20.6 Å². The lowest BCUT2D eigenvalue weighted by molar-refractivity contribution is -0.120. The van der Waals surface area contributed by atoms with Crippen LogP contribution < -0.4 is 10.6 Å². The third kappa shape index (κ3) is 5.82. The number of nitrogens with zero attached hydrogens (tertiary/aromatic N) is 3. The van der Waals surface area contributed by atoms with Crippen LogP contribution in [-0.4, -0.2) is 33.5 Å². The van der Waals surface area contributed by atoms with Gasteiger partial charge in [-0.2, -0.15) is 0 Å². The van der Waals surface area contributed by atoms with Gasteiger partial charge in [0, 0.05) is 30.7 Å². The molecule has 1 amide bonds. The highest BCUT2D eigenvalue weighted by Gasteiger charge is 2.20. The summed E-state index contributed by atoms with van der Waals surface area (Å²) in [5.74, 6) is 1.58. The second-order valence-corrected chi connectivity index (χ2v) is 5.31. The van der Waals surface area contributed by atoms with Crippen molar-refractivity contribution in [2.24, 2.45) is 5.92 Å². The Morgan fingerprint density at radius 3 is 2.83 bits per heavy atom.